The molecule has 0 atom stereocenters. The topological polar surface area (TPSA) is 118 Å². The van der Waals surface area contributed by atoms with Crippen LogP contribution in [0.3, 0.4) is 0 Å². The summed E-state index contributed by atoms with van der Waals surface area (Å²) >= 11 is 0. The summed E-state index contributed by atoms with van der Waals surface area (Å²) in [5.41, 5.74) is 0.961. The van der Waals surface area contributed by atoms with Crippen LogP contribution < -0.4 is 19.9 Å². The molecule has 2 heterocycles. The summed E-state index contributed by atoms with van der Waals surface area (Å²) < 4.78 is 22.4. The molecule has 1 aliphatic heterocycles. The zero-order chi connectivity index (χ0) is 24.8. The maximum atomic E-state index is 13.4. The first-order valence-electron chi connectivity index (χ1n) is 11.0. The largest absolute Gasteiger partial charge is 0.497 e. The van der Waals surface area contributed by atoms with Crippen LogP contribution in [0, 0.1) is 10.1 Å². The van der Waals surface area contributed by atoms with Gasteiger partial charge in [0.05, 0.1) is 37.5 Å². The van der Waals surface area contributed by atoms with Crippen molar-refractivity contribution < 1.29 is 23.9 Å². The van der Waals surface area contributed by atoms with E-state index in [0.717, 1.165) is 10.4 Å². The van der Waals surface area contributed by atoms with E-state index >= 15 is 0 Å². The lowest BCUT2D eigenvalue weighted by Gasteiger charge is -2.29. The maximum Gasteiger partial charge on any atom is 0.314 e. The van der Waals surface area contributed by atoms with E-state index in [9.17, 15) is 14.9 Å². The lowest BCUT2D eigenvalue weighted by atomic mass is 10.1. The van der Waals surface area contributed by atoms with E-state index in [2.05, 4.69) is 5.10 Å². The summed E-state index contributed by atoms with van der Waals surface area (Å²) in [6, 6.07) is 13.3. The number of methoxy groups -OCH3 is 2. The summed E-state index contributed by atoms with van der Waals surface area (Å²) in [4.78, 5) is 26.8. The Kier molecular flexibility index (Phi) is 7.58. The molecule has 2 aromatic carbocycles. The van der Waals surface area contributed by atoms with E-state index < -0.39 is 10.5 Å². The van der Waals surface area contributed by atoms with Gasteiger partial charge >= 0.3 is 5.56 Å². The fourth-order valence-corrected chi connectivity index (χ4v) is 3.75. The second-order valence-electron chi connectivity index (χ2n) is 7.71. The zero-order valence-electron chi connectivity index (χ0n) is 19.5. The SMILES string of the molecule is COCCOc1cc(-c2cccc(OC)c2)nn(-c2cc(N3CCOCC3)ccc2[N+](=O)[O-])c1=O. The van der Waals surface area contributed by atoms with Crippen LogP contribution >= 0.6 is 0 Å². The molecule has 11 nitrogen and oxygen atoms in total. The van der Waals surface area contributed by atoms with Gasteiger partial charge in [0.2, 0.25) is 0 Å². The van der Waals surface area contributed by atoms with Crippen molar-refractivity contribution in [3.63, 3.8) is 0 Å². The van der Waals surface area contributed by atoms with Gasteiger partial charge in [0.25, 0.3) is 5.69 Å². The molecule has 1 aromatic heterocycles. The number of nitro groups is 1. The van der Waals surface area contributed by atoms with Gasteiger partial charge in [-0.15, -0.1) is 0 Å². The smallest absolute Gasteiger partial charge is 0.314 e. The highest BCUT2D eigenvalue weighted by Gasteiger charge is 2.23. The van der Waals surface area contributed by atoms with E-state index in [4.69, 9.17) is 18.9 Å². The van der Waals surface area contributed by atoms with Crippen molar-refractivity contribution in [2.24, 2.45) is 0 Å². The molecule has 0 aliphatic carbocycles. The number of nitro benzene ring substituents is 1. The van der Waals surface area contributed by atoms with Gasteiger partial charge in [-0.2, -0.15) is 9.78 Å². The first kappa shape index (κ1) is 24.2. The Morgan fingerprint density at radius 1 is 1.09 bits per heavy atom. The lowest BCUT2D eigenvalue weighted by molar-refractivity contribution is -0.384. The number of rotatable bonds is 9. The molecule has 11 heteroatoms. The Hall–Kier alpha value is -3.96. The van der Waals surface area contributed by atoms with Crippen LogP contribution in [-0.2, 0) is 9.47 Å². The summed E-state index contributed by atoms with van der Waals surface area (Å²) in [6.45, 7) is 2.76. The van der Waals surface area contributed by atoms with Gasteiger partial charge in [-0.05, 0) is 24.3 Å². The highest BCUT2D eigenvalue weighted by Crippen LogP contribution is 2.30. The quantitative estimate of drug-likeness (QED) is 0.258. The first-order chi connectivity index (χ1) is 17.0. The molecule has 1 aliphatic rings. The third kappa shape index (κ3) is 5.42. The van der Waals surface area contributed by atoms with Gasteiger partial charge < -0.3 is 23.8 Å². The zero-order valence-corrected chi connectivity index (χ0v) is 19.5. The molecular formula is C24H26N4O7. The van der Waals surface area contributed by atoms with Gasteiger partial charge in [0, 0.05) is 43.6 Å². The van der Waals surface area contributed by atoms with Crippen molar-refractivity contribution in [3.05, 3.63) is 69.0 Å². The molecule has 0 N–H and O–H groups in total. The summed E-state index contributed by atoms with van der Waals surface area (Å²) in [6.07, 6.45) is 0. The molecule has 0 unspecified atom stereocenters. The lowest BCUT2D eigenvalue weighted by Crippen LogP contribution is -2.36. The molecule has 0 amide bonds. The highest BCUT2D eigenvalue weighted by molar-refractivity contribution is 5.65. The third-order valence-electron chi connectivity index (χ3n) is 5.55. The van der Waals surface area contributed by atoms with Gasteiger partial charge in [-0.25, -0.2) is 0 Å². The summed E-state index contributed by atoms with van der Waals surface area (Å²) in [5, 5.41) is 16.4. The number of hydrogen-bond donors (Lipinski definition) is 0. The Morgan fingerprint density at radius 3 is 2.60 bits per heavy atom. The van der Waals surface area contributed by atoms with Crippen molar-refractivity contribution >= 4 is 11.4 Å². The predicted molar refractivity (Wildman–Crippen MR) is 129 cm³/mol. The minimum absolute atomic E-state index is 0.000874. The van der Waals surface area contributed by atoms with E-state index in [1.807, 2.05) is 4.90 Å². The fourth-order valence-electron chi connectivity index (χ4n) is 3.75. The summed E-state index contributed by atoms with van der Waals surface area (Å²) in [7, 11) is 3.07. The Bertz CT molecular complexity index is 1250. The molecule has 1 saturated heterocycles. The van der Waals surface area contributed by atoms with E-state index in [1.54, 1.807) is 43.5 Å². The van der Waals surface area contributed by atoms with E-state index in [0.29, 0.717) is 43.3 Å². The number of morpholine rings is 1. The Balaban J connectivity index is 1.89. The monoisotopic (exact) mass is 482 g/mol. The Morgan fingerprint density at radius 2 is 1.89 bits per heavy atom. The van der Waals surface area contributed by atoms with Crippen LogP contribution in [0.2, 0.25) is 0 Å². The molecule has 0 spiro atoms. The minimum atomic E-state index is -0.616. The average Bonchev–Trinajstić information content (AvgIpc) is 2.90. The summed E-state index contributed by atoms with van der Waals surface area (Å²) in [5.74, 6) is 0.602. The van der Waals surface area contributed by atoms with Crippen LogP contribution in [0.5, 0.6) is 11.5 Å². The van der Waals surface area contributed by atoms with Crippen molar-refractivity contribution in [3.8, 4) is 28.4 Å². The Labute approximate surface area is 201 Å². The number of benzene rings is 2. The first-order valence-corrected chi connectivity index (χ1v) is 11.0. The minimum Gasteiger partial charge on any atom is -0.497 e. The maximum absolute atomic E-state index is 13.4. The fraction of sp³-hybridized carbons (Fsp3) is 0.333. The molecule has 184 valence electrons. The van der Waals surface area contributed by atoms with Crippen molar-refractivity contribution in [1.82, 2.24) is 9.78 Å². The number of anilines is 1. The third-order valence-corrected chi connectivity index (χ3v) is 5.55. The number of hydrogen-bond acceptors (Lipinski definition) is 9. The average molecular weight is 482 g/mol. The number of aromatic nitrogens is 2. The molecule has 4 rings (SSSR count). The number of nitrogens with zero attached hydrogens (tertiary/aromatic N) is 4. The molecule has 1 fully saturated rings. The van der Waals surface area contributed by atoms with Crippen molar-refractivity contribution in [1.29, 1.82) is 0 Å². The van der Waals surface area contributed by atoms with Crippen LogP contribution in [0.4, 0.5) is 11.4 Å². The standard InChI is InChI=1S/C24H26N4O7/c1-32-12-13-35-23-16-20(17-4-3-5-19(14-17)33-2)25-27(24(23)29)22-15-18(6-7-21(22)28(30)31)26-8-10-34-11-9-26/h3-7,14-16H,8-13H2,1-2H3. The van der Waals surface area contributed by atoms with Crippen LogP contribution in [0.1, 0.15) is 0 Å². The van der Waals surface area contributed by atoms with Crippen LogP contribution in [-0.4, -0.2) is 68.4 Å². The van der Waals surface area contributed by atoms with E-state index in [-0.39, 0.29) is 30.3 Å². The van der Waals surface area contributed by atoms with Crippen molar-refractivity contribution in [2.75, 3.05) is 58.6 Å². The second-order valence-corrected chi connectivity index (χ2v) is 7.71. The van der Waals surface area contributed by atoms with Gasteiger partial charge in [-0.1, -0.05) is 12.1 Å². The van der Waals surface area contributed by atoms with E-state index in [1.165, 1.54) is 19.2 Å². The van der Waals surface area contributed by atoms with Crippen LogP contribution in [0.25, 0.3) is 16.9 Å². The number of ether oxygens (including phenoxy) is 4. The molecule has 0 bridgehead atoms. The molecule has 35 heavy (non-hydrogen) atoms. The van der Waals surface area contributed by atoms with Gasteiger partial charge in [0.1, 0.15) is 18.0 Å². The molecule has 3 aromatic rings. The van der Waals surface area contributed by atoms with Crippen LogP contribution in [0.15, 0.2) is 53.3 Å². The normalized spacial score (nSPS) is 13.5. The molecular weight excluding hydrogens is 456 g/mol. The van der Waals surface area contributed by atoms with Gasteiger partial charge in [0.15, 0.2) is 5.75 Å². The molecule has 0 radical (unpaired) electrons. The van der Waals surface area contributed by atoms with Crippen molar-refractivity contribution in [2.45, 2.75) is 0 Å². The predicted octanol–water partition coefficient (Wildman–Crippen LogP) is 2.68. The molecule has 0 saturated carbocycles. The van der Waals surface area contributed by atoms with Gasteiger partial charge in [-0.3, -0.25) is 14.9 Å². The second kappa shape index (κ2) is 11.0. The highest BCUT2D eigenvalue weighted by atomic mass is 16.6.